The molecule has 0 aliphatic carbocycles. The number of pyridine rings is 1. The normalized spacial score (nSPS) is 20.6. The zero-order chi connectivity index (χ0) is 18.8. The van der Waals surface area contributed by atoms with Gasteiger partial charge in [0.1, 0.15) is 5.69 Å². The third kappa shape index (κ3) is 4.38. The summed E-state index contributed by atoms with van der Waals surface area (Å²) in [6.07, 6.45) is -5.17. The molecule has 1 fully saturated rings. The lowest BCUT2D eigenvalue weighted by Gasteiger charge is -2.21. The molecule has 1 atom stereocenters. The molecule has 1 aromatic rings. The summed E-state index contributed by atoms with van der Waals surface area (Å²) in [4.78, 5) is 27.9. The summed E-state index contributed by atoms with van der Waals surface area (Å²) in [7, 11) is 2.66. The molecule has 1 saturated heterocycles. The van der Waals surface area contributed by atoms with E-state index in [-0.39, 0.29) is 31.0 Å². The molecule has 138 valence electrons. The van der Waals surface area contributed by atoms with Crippen LogP contribution in [0.4, 0.5) is 18.0 Å². The number of hydrogen-bond donors (Lipinski definition) is 0. The fraction of sp³-hybridized carbons (Fsp3) is 0.533. The predicted molar refractivity (Wildman–Crippen MR) is 77.8 cm³/mol. The van der Waals surface area contributed by atoms with Crippen LogP contribution in [-0.4, -0.2) is 54.9 Å². The van der Waals surface area contributed by atoms with E-state index < -0.39 is 29.5 Å². The lowest BCUT2D eigenvalue weighted by atomic mass is 10.1. The monoisotopic (exact) mass is 362 g/mol. The number of rotatable bonds is 5. The summed E-state index contributed by atoms with van der Waals surface area (Å²) < 4.78 is 53.5. The minimum absolute atomic E-state index is 0.0678. The molecule has 7 nitrogen and oxygen atoms in total. The molecule has 0 spiro atoms. The van der Waals surface area contributed by atoms with Crippen molar-refractivity contribution < 1.29 is 37.0 Å². The summed E-state index contributed by atoms with van der Waals surface area (Å²) in [5, 5.41) is 0. The number of methoxy groups -OCH3 is 1. The van der Waals surface area contributed by atoms with E-state index in [9.17, 15) is 22.8 Å². The van der Waals surface area contributed by atoms with Crippen LogP contribution in [0.25, 0.3) is 0 Å². The zero-order valence-electron chi connectivity index (χ0n) is 13.8. The average Bonchev–Trinajstić information content (AvgIpc) is 2.78. The van der Waals surface area contributed by atoms with Crippen molar-refractivity contribution in [1.82, 2.24) is 9.88 Å². The van der Waals surface area contributed by atoms with Crippen molar-refractivity contribution in [2.75, 3.05) is 27.3 Å². The Kier molecular flexibility index (Phi) is 5.21. The van der Waals surface area contributed by atoms with Gasteiger partial charge in [0.05, 0.1) is 38.1 Å². The quantitative estimate of drug-likeness (QED) is 0.748. The molecule has 1 amide bonds. The number of amides is 1. The highest BCUT2D eigenvalue weighted by Crippen LogP contribution is 2.29. The van der Waals surface area contributed by atoms with E-state index in [1.807, 2.05) is 0 Å². The van der Waals surface area contributed by atoms with Crippen molar-refractivity contribution in [1.29, 1.82) is 0 Å². The topological polar surface area (TPSA) is 78.0 Å². The van der Waals surface area contributed by atoms with Crippen molar-refractivity contribution in [2.24, 2.45) is 0 Å². The minimum Gasteiger partial charge on any atom is -0.465 e. The van der Waals surface area contributed by atoms with E-state index in [1.54, 1.807) is 14.0 Å². The Balaban J connectivity index is 2.14. The van der Waals surface area contributed by atoms with Gasteiger partial charge < -0.3 is 19.1 Å². The average molecular weight is 362 g/mol. The van der Waals surface area contributed by atoms with Gasteiger partial charge in [0.25, 0.3) is 0 Å². The second-order valence-corrected chi connectivity index (χ2v) is 5.85. The van der Waals surface area contributed by atoms with E-state index in [0.717, 1.165) is 13.2 Å². The molecule has 0 bridgehead atoms. The number of cyclic esters (lactones) is 1. The second kappa shape index (κ2) is 6.87. The second-order valence-electron chi connectivity index (χ2n) is 5.85. The number of hydrogen-bond acceptors (Lipinski definition) is 6. The van der Waals surface area contributed by atoms with Crippen molar-refractivity contribution >= 4 is 12.1 Å². The van der Waals surface area contributed by atoms with E-state index in [1.165, 1.54) is 4.90 Å². The van der Waals surface area contributed by atoms with Gasteiger partial charge in [0.15, 0.2) is 5.60 Å². The molecule has 2 heterocycles. The number of halogens is 3. The van der Waals surface area contributed by atoms with Gasteiger partial charge in [0.2, 0.25) is 0 Å². The van der Waals surface area contributed by atoms with E-state index in [2.05, 4.69) is 9.72 Å². The number of nitrogens with zero attached hydrogens (tertiary/aromatic N) is 2. The first kappa shape index (κ1) is 19.0. The van der Waals surface area contributed by atoms with Crippen LogP contribution >= 0.6 is 0 Å². The molecule has 0 radical (unpaired) electrons. The molecule has 0 N–H and O–H groups in total. The maximum absolute atomic E-state index is 12.8. The first-order valence-corrected chi connectivity index (χ1v) is 7.23. The number of ether oxygens (including phenoxy) is 3. The van der Waals surface area contributed by atoms with Crippen LogP contribution in [-0.2, 0) is 27.0 Å². The van der Waals surface area contributed by atoms with Gasteiger partial charge in [-0.05, 0) is 19.1 Å². The lowest BCUT2D eigenvalue weighted by molar-refractivity contribution is -0.141. The summed E-state index contributed by atoms with van der Waals surface area (Å²) >= 11 is 0. The largest absolute Gasteiger partial charge is 0.465 e. The Bertz CT molecular complexity index is 680. The maximum atomic E-state index is 12.8. The molecule has 1 aromatic heterocycles. The maximum Gasteiger partial charge on any atom is 0.433 e. The molecule has 0 saturated carbocycles. The highest BCUT2D eigenvalue weighted by Gasteiger charge is 2.40. The number of carbonyl (C=O) groups excluding carboxylic acids is 2. The number of esters is 1. The van der Waals surface area contributed by atoms with Crippen LogP contribution in [0.1, 0.15) is 28.7 Å². The van der Waals surface area contributed by atoms with Crippen molar-refractivity contribution in [2.45, 2.75) is 25.3 Å². The van der Waals surface area contributed by atoms with Gasteiger partial charge in [-0.3, -0.25) is 0 Å². The van der Waals surface area contributed by atoms with Gasteiger partial charge in [-0.15, -0.1) is 0 Å². The van der Waals surface area contributed by atoms with Crippen LogP contribution in [0, 0.1) is 0 Å². The van der Waals surface area contributed by atoms with Gasteiger partial charge in [0, 0.05) is 7.05 Å². The Hall–Kier alpha value is -2.36. The Morgan fingerprint density at radius 3 is 2.64 bits per heavy atom. The van der Waals surface area contributed by atoms with Crippen molar-refractivity contribution in [3.8, 4) is 0 Å². The van der Waals surface area contributed by atoms with E-state index in [4.69, 9.17) is 9.47 Å². The molecule has 1 aliphatic heterocycles. The Labute approximate surface area is 141 Å². The molecular weight excluding hydrogens is 345 g/mol. The van der Waals surface area contributed by atoms with E-state index >= 15 is 0 Å². The molecule has 25 heavy (non-hydrogen) atoms. The van der Waals surface area contributed by atoms with Crippen LogP contribution in [0.15, 0.2) is 12.1 Å². The number of aromatic nitrogens is 1. The van der Waals surface area contributed by atoms with Crippen molar-refractivity contribution in [3.05, 3.63) is 29.1 Å². The molecular formula is C15H17F3N2O5. The van der Waals surface area contributed by atoms with E-state index in [0.29, 0.717) is 6.07 Å². The Morgan fingerprint density at radius 1 is 1.44 bits per heavy atom. The van der Waals surface area contributed by atoms with Crippen LogP contribution in [0.3, 0.4) is 0 Å². The summed E-state index contributed by atoms with van der Waals surface area (Å²) in [6, 6.07) is 1.69. The van der Waals surface area contributed by atoms with Gasteiger partial charge in [-0.1, -0.05) is 0 Å². The molecule has 1 aliphatic rings. The smallest absolute Gasteiger partial charge is 0.433 e. The van der Waals surface area contributed by atoms with Crippen LogP contribution < -0.4 is 0 Å². The first-order valence-electron chi connectivity index (χ1n) is 7.23. The SMILES string of the molecule is COC(=O)c1ccc(C(F)(F)F)nc1COCC1(C)CN(C)C(=O)O1. The van der Waals surface area contributed by atoms with Gasteiger partial charge in [-0.2, -0.15) is 13.2 Å². The summed E-state index contributed by atoms with van der Waals surface area (Å²) in [6.45, 7) is 1.47. The highest BCUT2D eigenvalue weighted by molar-refractivity contribution is 5.90. The molecule has 10 heteroatoms. The third-order valence-corrected chi connectivity index (χ3v) is 3.53. The predicted octanol–water partition coefficient (Wildman–Crippen LogP) is 2.24. The molecule has 0 aromatic carbocycles. The highest BCUT2D eigenvalue weighted by atomic mass is 19.4. The first-order chi connectivity index (χ1) is 11.6. The zero-order valence-corrected chi connectivity index (χ0v) is 13.8. The fourth-order valence-corrected chi connectivity index (χ4v) is 2.39. The minimum atomic E-state index is -4.65. The molecule has 2 rings (SSSR count). The Morgan fingerprint density at radius 2 is 2.12 bits per heavy atom. The number of likely N-dealkylation sites (N-methyl/N-ethyl adjacent to an activating group) is 1. The van der Waals surface area contributed by atoms with Gasteiger partial charge >= 0.3 is 18.2 Å². The third-order valence-electron chi connectivity index (χ3n) is 3.53. The lowest BCUT2D eigenvalue weighted by Crippen LogP contribution is -2.35. The number of alkyl halides is 3. The summed E-state index contributed by atoms with van der Waals surface area (Å²) in [5.41, 5.74) is -2.40. The van der Waals surface area contributed by atoms with Gasteiger partial charge in [-0.25, -0.2) is 14.6 Å². The fourth-order valence-electron chi connectivity index (χ4n) is 2.39. The molecule has 1 unspecified atom stereocenters. The van der Waals surface area contributed by atoms with Crippen molar-refractivity contribution in [3.63, 3.8) is 0 Å². The number of carbonyl (C=O) groups is 2. The summed E-state index contributed by atoms with van der Waals surface area (Å²) in [5.74, 6) is -0.821. The van der Waals surface area contributed by atoms with Crippen LogP contribution in [0.2, 0.25) is 0 Å². The van der Waals surface area contributed by atoms with Crippen LogP contribution in [0.5, 0.6) is 0 Å². The standard InChI is InChI=1S/C15H17F3N2O5/c1-14(7-20(2)13(22)25-14)8-24-6-10-9(12(21)23-3)4-5-11(19-10)15(16,17)18/h4-5H,6-8H2,1-3H3.